The third-order valence-corrected chi connectivity index (χ3v) is 11.1. The second-order valence-electron chi connectivity index (χ2n) is 9.66. The molecule has 0 bridgehead atoms. The van der Waals surface area contributed by atoms with Crippen molar-refractivity contribution in [1.29, 1.82) is 0 Å². The summed E-state index contributed by atoms with van der Waals surface area (Å²) in [5.41, 5.74) is 10.6. The van der Waals surface area contributed by atoms with Crippen LogP contribution in [0.4, 0.5) is 5.69 Å². The molecule has 2 nitrogen and oxygen atoms in total. The molecule has 160 valence electrons. The number of hydrogen-bond donors (Lipinski definition) is 0. The second kappa shape index (κ2) is 7.75. The molecule has 1 heterocycles. The summed E-state index contributed by atoms with van der Waals surface area (Å²) in [6.45, 7) is 9.40. The Kier molecular flexibility index (Phi) is 5.51. The predicted molar refractivity (Wildman–Crippen MR) is 142 cm³/mol. The molecule has 4 rings (SSSR count). The summed E-state index contributed by atoms with van der Waals surface area (Å²) in [7, 11) is 6.62. The highest BCUT2D eigenvalue weighted by Crippen LogP contribution is 2.43. The average Bonchev–Trinajstić information content (AvgIpc) is 2.71. The molecule has 0 N–H and O–H groups in total. The van der Waals surface area contributed by atoms with Gasteiger partial charge in [-0.2, -0.15) is 0 Å². The van der Waals surface area contributed by atoms with Gasteiger partial charge >= 0.3 is 0 Å². The van der Waals surface area contributed by atoms with Gasteiger partial charge in [0.15, 0.2) is 5.71 Å². The van der Waals surface area contributed by atoms with Crippen molar-refractivity contribution in [2.75, 3.05) is 33.1 Å². The number of fused-ring (bicyclic) bond motifs is 2. The van der Waals surface area contributed by atoms with Crippen molar-refractivity contribution in [3.63, 3.8) is 0 Å². The molecule has 0 saturated carbocycles. The van der Waals surface area contributed by atoms with Crippen molar-refractivity contribution in [3.8, 4) is 0 Å². The first-order chi connectivity index (χ1) is 14.5. The highest BCUT2D eigenvalue weighted by molar-refractivity contribution is 9.10. The van der Waals surface area contributed by atoms with Gasteiger partial charge in [-0.1, -0.05) is 41.2 Å². The fourth-order valence-electron chi connectivity index (χ4n) is 4.77. The molecule has 1 aliphatic carbocycles. The van der Waals surface area contributed by atoms with E-state index in [4.69, 9.17) is 0 Å². The van der Waals surface area contributed by atoms with E-state index in [2.05, 4.69) is 129 Å². The highest BCUT2D eigenvalue weighted by Gasteiger charge is 2.40. The molecule has 0 atom stereocenters. The Hall–Kier alpha value is -2.17. The second-order valence-corrected chi connectivity index (χ2v) is 14.8. The summed E-state index contributed by atoms with van der Waals surface area (Å²) in [6.07, 6.45) is 7.05. The third kappa shape index (κ3) is 3.60. The molecule has 0 unspecified atom stereocenters. The van der Waals surface area contributed by atoms with E-state index < -0.39 is 8.07 Å². The van der Waals surface area contributed by atoms with Gasteiger partial charge in [0.05, 0.1) is 0 Å². The van der Waals surface area contributed by atoms with E-state index in [0.717, 1.165) is 0 Å². The van der Waals surface area contributed by atoms with Crippen LogP contribution in [0.1, 0.15) is 22.3 Å². The molecule has 0 radical (unpaired) electrons. The lowest BCUT2D eigenvalue weighted by Gasteiger charge is -2.38. The van der Waals surface area contributed by atoms with E-state index >= 15 is 0 Å². The van der Waals surface area contributed by atoms with Gasteiger partial charge in [-0.25, -0.2) is 4.58 Å². The van der Waals surface area contributed by atoms with Gasteiger partial charge in [-0.05, 0) is 81.9 Å². The van der Waals surface area contributed by atoms with Crippen LogP contribution in [0, 0.1) is 13.8 Å². The maximum Gasteiger partial charge on any atom is 0.199 e. The number of anilines is 1. The highest BCUT2D eigenvalue weighted by atomic mass is 79.9. The summed E-state index contributed by atoms with van der Waals surface area (Å²) >= 11 is 3.79. The van der Waals surface area contributed by atoms with Crippen LogP contribution in [-0.2, 0) is 0 Å². The molecule has 2 aliphatic rings. The molecule has 4 heteroatoms. The van der Waals surface area contributed by atoms with Gasteiger partial charge in [0.25, 0.3) is 0 Å². The first-order valence-electron chi connectivity index (χ1n) is 10.8. The number of halogens is 1. The monoisotopic (exact) mass is 491 g/mol. The summed E-state index contributed by atoms with van der Waals surface area (Å²) in [5, 5.41) is 3.04. The SMILES string of the molecule is Cc1cc(C)c(C2=C3C=CC(=[N+](C)C)C=C3[Si](C)(C)c3cc(N(C)C)ccc32)cc1Br. The van der Waals surface area contributed by atoms with Crippen LogP contribution >= 0.6 is 15.9 Å². The minimum atomic E-state index is -1.89. The van der Waals surface area contributed by atoms with Crippen LogP contribution in [0.15, 0.2) is 63.8 Å². The van der Waals surface area contributed by atoms with E-state index in [-0.39, 0.29) is 0 Å². The molecule has 0 fully saturated rings. The maximum atomic E-state index is 3.79. The van der Waals surface area contributed by atoms with Gasteiger partial charge < -0.3 is 4.90 Å². The predicted octanol–water partition coefficient (Wildman–Crippen LogP) is 5.61. The number of nitrogens with zero attached hydrogens (tertiary/aromatic N) is 2. The Bertz CT molecular complexity index is 1220. The molecule has 0 saturated heterocycles. The summed E-state index contributed by atoms with van der Waals surface area (Å²) in [6, 6.07) is 11.7. The maximum absolute atomic E-state index is 3.79. The Labute approximate surface area is 196 Å². The van der Waals surface area contributed by atoms with Crippen molar-refractivity contribution in [1.82, 2.24) is 0 Å². The Balaban J connectivity index is 2.13. The minimum Gasteiger partial charge on any atom is -0.378 e. The first kappa shape index (κ1) is 22.0. The summed E-state index contributed by atoms with van der Waals surface area (Å²) in [5.74, 6) is 0. The van der Waals surface area contributed by atoms with Crippen molar-refractivity contribution < 1.29 is 4.58 Å². The lowest BCUT2D eigenvalue weighted by atomic mass is 9.87. The Morgan fingerprint density at radius 1 is 0.903 bits per heavy atom. The van der Waals surface area contributed by atoms with Crippen LogP contribution in [-0.4, -0.2) is 46.6 Å². The normalized spacial score (nSPS) is 16.7. The zero-order chi connectivity index (χ0) is 22.7. The van der Waals surface area contributed by atoms with Gasteiger partial charge in [0.1, 0.15) is 22.2 Å². The van der Waals surface area contributed by atoms with Crippen molar-refractivity contribution >= 4 is 46.2 Å². The van der Waals surface area contributed by atoms with Crippen LogP contribution < -0.4 is 10.1 Å². The zero-order valence-electron chi connectivity index (χ0n) is 19.9. The molecular formula is C27H32BrN2Si+. The summed E-state index contributed by atoms with van der Waals surface area (Å²) < 4.78 is 3.38. The van der Waals surface area contributed by atoms with E-state index in [1.807, 2.05) is 0 Å². The van der Waals surface area contributed by atoms with Gasteiger partial charge in [0, 0.05) is 36.4 Å². The average molecular weight is 493 g/mol. The van der Waals surface area contributed by atoms with Gasteiger partial charge in [-0.15, -0.1) is 0 Å². The molecule has 1 aliphatic heterocycles. The molecule has 0 spiro atoms. The largest absolute Gasteiger partial charge is 0.378 e. The lowest BCUT2D eigenvalue weighted by Crippen LogP contribution is -2.49. The van der Waals surface area contributed by atoms with E-state index in [1.165, 1.54) is 59.7 Å². The van der Waals surface area contributed by atoms with Crippen LogP contribution in [0.3, 0.4) is 0 Å². The number of benzene rings is 2. The van der Waals surface area contributed by atoms with Crippen molar-refractivity contribution in [3.05, 3.63) is 86.1 Å². The van der Waals surface area contributed by atoms with Gasteiger partial charge in [0.2, 0.25) is 0 Å². The topological polar surface area (TPSA) is 6.25 Å². The molecule has 2 aromatic rings. The fourth-order valence-corrected chi connectivity index (χ4v) is 8.18. The number of aryl methyl sites for hydroxylation is 2. The van der Waals surface area contributed by atoms with E-state index in [9.17, 15) is 0 Å². The van der Waals surface area contributed by atoms with Crippen molar-refractivity contribution in [2.24, 2.45) is 0 Å². The van der Waals surface area contributed by atoms with E-state index in [0.29, 0.717) is 0 Å². The molecule has 31 heavy (non-hydrogen) atoms. The third-order valence-electron chi connectivity index (χ3n) is 6.70. The van der Waals surface area contributed by atoms with Crippen molar-refractivity contribution in [2.45, 2.75) is 26.9 Å². The van der Waals surface area contributed by atoms with Gasteiger partial charge in [-0.3, -0.25) is 0 Å². The van der Waals surface area contributed by atoms with Crippen LogP contribution in [0.5, 0.6) is 0 Å². The summed E-state index contributed by atoms with van der Waals surface area (Å²) in [4.78, 5) is 2.21. The molecular weight excluding hydrogens is 460 g/mol. The van der Waals surface area contributed by atoms with Crippen LogP contribution in [0.2, 0.25) is 13.1 Å². The minimum absolute atomic E-state index is 1.17. The Morgan fingerprint density at radius 2 is 1.61 bits per heavy atom. The molecule has 2 aromatic carbocycles. The smallest absolute Gasteiger partial charge is 0.199 e. The fraction of sp³-hybridized carbons (Fsp3) is 0.296. The number of hydrogen-bond acceptors (Lipinski definition) is 1. The zero-order valence-corrected chi connectivity index (χ0v) is 22.5. The lowest BCUT2D eigenvalue weighted by molar-refractivity contribution is -0.462. The number of allylic oxidation sites excluding steroid dienone is 5. The van der Waals surface area contributed by atoms with Crippen LogP contribution in [0.25, 0.3) is 5.57 Å². The quantitative estimate of drug-likeness (QED) is 0.390. The standard InChI is InChI=1S/C27H32BrN2Si/c1-17-13-18(2)24(28)16-23(17)27-21-11-9-19(29(3)4)14-25(21)31(7,8)26-15-20(30(5)6)10-12-22(26)27/h9-16H,1-8H3/q+1. The molecule has 0 amide bonds. The number of rotatable bonds is 2. The molecule has 0 aromatic heterocycles. The Morgan fingerprint density at radius 3 is 2.26 bits per heavy atom. The first-order valence-corrected chi connectivity index (χ1v) is 14.6. The van der Waals surface area contributed by atoms with E-state index in [1.54, 1.807) is 0 Å².